The van der Waals surface area contributed by atoms with E-state index in [4.69, 9.17) is 4.74 Å². The summed E-state index contributed by atoms with van der Waals surface area (Å²) in [6.07, 6.45) is -0.988. The van der Waals surface area contributed by atoms with Crippen molar-refractivity contribution in [1.82, 2.24) is 25.7 Å². The maximum absolute atomic E-state index is 12.0. The lowest BCUT2D eigenvalue weighted by Crippen LogP contribution is -2.35. The van der Waals surface area contributed by atoms with Crippen molar-refractivity contribution in [3.8, 4) is 11.4 Å². The van der Waals surface area contributed by atoms with Crippen LogP contribution in [0.15, 0.2) is 24.3 Å². The maximum atomic E-state index is 12.0. The highest BCUT2D eigenvalue weighted by Crippen LogP contribution is 2.23. The predicted molar refractivity (Wildman–Crippen MR) is 92.2 cm³/mol. The van der Waals surface area contributed by atoms with Crippen LogP contribution in [0.5, 0.6) is 0 Å². The van der Waals surface area contributed by atoms with Crippen LogP contribution in [-0.2, 0) is 9.53 Å². The second-order valence-corrected chi connectivity index (χ2v) is 6.69. The number of nitrogens with zero attached hydrogens (tertiary/aromatic N) is 4. The molecule has 2 aromatic rings. The number of hydrogen-bond acceptors (Lipinski definition) is 7. The summed E-state index contributed by atoms with van der Waals surface area (Å²) >= 11 is 0. The van der Waals surface area contributed by atoms with E-state index < -0.39 is 23.7 Å². The van der Waals surface area contributed by atoms with Gasteiger partial charge in [-0.05, 0) is 39.3 Å². The lowest BCUT2D eigenvalue weighted by atomic mass is 10.0. The molecule has 9 heteroatoms. The van der Waals surface area contributed by atoms with Crippen LogP contribution in [0.1, 0.15) is 44.6 Å². The fourth-order valence-corrected chi connectivity index (χ4v) is 2.17. The van der Waals surface area contributed by atoms with Crippen molar-refractivity contribution in [2.24, 2.45) is 0 Å². The number of alkyl carbamates (subject to hydrolysis) is 1. The Bertz CT molecular complexity index is 786. The summed E-state index contributed by atoms with van der Waals surface area (Å²) in [5.41, 5.74) is 0.510. The van der Waals surface area contributed by atoms with Gasteiger partial charge in [0, 0.05) is 5.56 Å². The smallest absolute Gasteiger partial charge is 0.408 e. The van der Waals surface area contributed by atoms with Crippen molar-refractivity contribution in [2.75, 3.05) is 0 Å². The second kappa shape index (κ2) is 7.85. The van der Waals surface area contributed by atoms with Crippen LogP contribution in [0.4, 0.5) is 4.79 Å². The van der Waals surface area contributed by atoms with E-state index in [1.165, 1.54) is 0 Å². The van der Waals surface area contributed by atoms with E-state index in [0.29, 0.717) is 22.8 Å². The fourth-order valence-electron chi connectivity index (χ4n) is 2.17. The number of amides is 1. The molecule has 0 unspecified atom stereocenters. The molecular weight excluding hydrogens is 338 g/mol. The molecular formula is C17H21N5O4. The molecule has 0 aliphatic heterocycles. The molecule has 138 valence electrons. The van der Waals surface area contributed by atoms with Gasteiger partial charge >= 0.3 is 12.1 Å². The Morgan fingerprint density at radius 2 is 1.85 bits per heavy atom. The van der Waals surface area contributed by atoms with Crippen LogP contribution in [0.3, 0.4) is 0 Å². The number of aromatic nitrogens is 4. The van der Waals surface area contributed by atoms with Gasteiger partial charge in [0.2, 0.25) is 5.82 Å². The first kappa shape index (κ1) is 19.2. The van der Waals surface area contributed by atoms with Crippen molar-refractivity contribution < 1.29 is 19.4 Å². The molecule has 0 bridgehead atoms. The maximum Gasteiger partial charge on any atom is 0.408 e. The lowest BCUT2D eigenvalue weighted by Gasteiger charge is -2.23. The summed E-state index contributed by atoms with van der Waals surface area (Å²) in [5, 5.41) is 27.4. The number of carbonyl (C=O) groups excluding carboxylic acids is 1. The summed E-state index contributed by atoms with van der Waals surface area (Å²) < 4.78 is 5.21. The number of rotatable bonds is 5. The molecule has 0 fully saturated rings. The molecule has 0 aliphatic carbocycles. The van der Waals surface area contributed by atoms with E-state index in [1.54, 1.807) is 52.0 Å². The Balaban J connectivity index is 2.27. The van der Waals surface area contributed by atoms with Gasteiger partial charge in [-0.3, -0.25) is 4.79 Å². The molecule has 0 aliphatic rings. The number of benzene rings is 1. The van der Waals surface area contributed by atoms with Crippen LogP contribution in [0.2, 0.25) is 0 Å². The van der Waals surface area contributed by atoms with Crippen LogP contribution < -0.4 is 5.32 Å². The molecule has 9 nitrogen and oxygen atoms in total. The molecule has 1 amide bonds. The van der Waals surface area contributed by atoms with Gasteiger partial charge in [-0.25, -0.2) is 4.79 Å². The molecule has 2 rings (SSSR count). The molecule has 1 aromatic carbocycles. The van der Waals surface area contributed by atoms with Crippen molar-refractivity contribution >= 4 is 12.1 Å². The third-order valence-corrected chi connectivity index (χ3v) is 3.20. The van der Waals surface area contributed by atoms with Gasteiger partial charge < -0.3 is 15.2 Å². The van der Waals surface area contributed by atoms with Gasteiger partial charge in [-0.2, -0.15) is 0 Å². The van der Waals surface area contributed by atoms with Gasteiger partial charge in [-0.1, -0.05) is 18.2 Å². The van der Waals surface area contributed by atoms with E-state index in [-0.39, 0.29) is 6.42 Å². The summed E-state index contributed by atoms with van der Waals surface area (Å²) in [6, 6.07) is 6.11. The minimum absolute atomic E-state index is 0.298. The molecule has 1 aromatic heterocycles. The van der Waals surface area contributed by atoms with Gasteiger partial charge in [0.1, 0.15) is 5.60 Å². The summed E-state index contributed by atoms with van der Waals surface area (Å²) in [4.78, 5) is 23.3. The third kappa shape index (κ3) is 5.76. The summed E-state index contributed by atoms with van der Waals surface area (Å²) in [7, 11) is 0. The minimum Gasteiger partial charge on any atom is -0.481 e. The number of ether oxygens (including phenoxy) is 1. The molecule has 26 heavy (non-hydrogen) atoms. The van der Waals surface area contributed by atoms with Crippen molar-refractivity contribution in [2.45, 2.75) is 45.8 Å². The number of carboxylic acids is 1. The van der Waals surface area contributed by atoms with Gasteiger partial charge in [-0.15, -0.1) is 20.4 Å². The molecule has 0 spiro atoms. The Morgan fingerprint density at radius 1 is 1.19 bits per heavy atom. The van der Waals surface area contributed by atoms with E-state index in [2.05, 4.69) is 25.7 Å². The lowest BCUT2D eigenvalue weighted by molar-refractivity contribution is -0.137. The van der Waals surface area contributed by atoms with Crippen molar-refractivity contribution in [3.05, 3.63) is 35.7 Å². The Hall–Kier alpha value is -3.10. The zero-order chi connectivity index (χ0) is 19.3. The standard InChI is InChI=1S/C17H21N5O4/c1-10-19-21-15(22-20-10)12-7-5-6-11(8-12)13(9-14(23)24)18-16(25)26-17(2,3)4/h5-8,13H,9H2,1-4H3,(H,18,25)(H,23,24)/t13-/m0/s1. The third-order valence-electron chi connectivity index (χ3n) is 3.20. The number of aliphatic carboxylic acids is 1. The van der Waals surface area contributed by atoms with Crippen LogP contribution in [0, 0.1) is 6.92 Å². The van der Waals surface area contributed by atoms with Crippen molar-refractivity contribution in [3.63, 3.8) is 0 Å². The second-order valence-electron chi connectivity index (χ2n) is 6.69. The molecule has 0 saturated carbocycles. The average Bonchev–Trinajstić information content (AvgIpc) is 2.53. The normalized spacial score (nSPS) is 12.3. The van der Waals surface area contributed by atoms with E-state index in [0.717, 1.165) is 0 Å². The number of carbonyl (C=O) groups is 2. The highest BCUT2D eigenvalue weighted by molar-refractivity contribution is 5.72. The average molecular weight is 359 g/mol. The molecule has 2 N–H and O–H groups in total. The fraction of sp³-hybridized carbons (Fsp3) is 0.412. The van der Waals surface area contributed by atoms with Crippen LogP contribution in [0.25, 0.3) is 11.4 Å². The predicted octanol–water partition coefficient (Wildman–Crippen LogP) is 2.28. The van der Waals surface area contributed by atoms with Crippen LogP contribution in [-0.4, -0.2) is 43.2 Å². The van der Waals surface area contributed by atoms with Gasteiger partial charge in [0.25, 0.3) is 0 Å². The molecule has 0 radical (unpaired) electrons. The number of hydrogen-bond donors (Lipinski definition) is 2. The summed E-state index contributed by atoms with van der Waals surface area (Å²) in [6.45, 7) is 6.87. The molecule has 1 atom stereocenters. The quantitative estimate of drug-likeness (QED) is 0.832. The van der Waals surface area contributed by atoms with Crippen LogP contribution >= 0.6 is 0 Å². The van der Waals surface area contributed by atoms with E-state index >= 15 is 0 Å². The largest absolute Gasteiger partial charge is 0.481 e. The Kier molecular flexibility index (Phi) is 5.81. The topological polar surface area (TPSA) is 127 Å². The SMILES string of the molecule is Cc1nnc(-c2cccc([C@H](CC(=O)O)NC(=O)OC(C)(C)C)c2)nn1. The van der Waals surface area contributed by atoms with Gasteiger partial charge in [0.15, 0.2) is 5.82 Å². The molecule has 1 heterocycles. The Morgan fingerprint density at radius 3 is 2.42 bits per heavy atom. The highest BCUT2D eigenvalue weighted by atomic mass is 16.6. The van der Waals surface area contributed by atoms with E-state index in [1.807, 2.05) is 0 Å². The highest BCUT2D eigenvalue weighted by Gasteiger charge is 2.23. The number of nitrogens with one attached hydrogen (secondary N) is 1. The number of carboxylic acid groups (broad SMARTS) is 1. The molecule has 0 saturated heterocycles. The van der Waals surface area contributed by atoms with Gasteiger partial charge in [0.05, 0.1) is 12.5 Å². The first-order chi connectivity index (χ1) is 12.1. The zero-order valence-electron chi connectivity index (χ0n) is 15.1. The Labute approximate surface area is 150 Å². The van der Waals surface area contributed by atoms with E-state index in [9.17, 15) is 14.7 Å². The zero-order valence-corrected chi connectivity index (χ0v) is 15.1. The van der Waals surface area contributed by atoms with Crippen molar-refractivity contribution in [1.29, 1.82) is 0 Å². The number of aryl methyl sites for hydroxylation is 1. The first-order valence-corrected chi connectivity index (χ1v) is 8.00. The summed E-state index contributed by atoms with van der Waals surface area (Å²) in [5.74, 6) is -0.296. The monoisotopic (exact) mass is 359 g/mol. The first-order valence-electron chi connectivity index (χ1n) is 8.00. The minimum atomic E-state index is -1.05.